The van der Waals surface area contributed by atoms with Crippen molar-refractivity contribution in [1.29, 1.82) is 0 Å². The molecule has 11 heavy (non-hydrogen) atoms. The van der Waals surface area contributed by atoms with Crippen LogP contribution in [0.25, 0.3) is 0 Å². The van der Waals surface area contributed by atoms with Crippen molar-refractivity contribution in [2.24, 2.45) is 0 Å². The van der Waals surface area contributed by atoms with Crippen LogP contribution < -0.4 is 10.9 Å². The van der Waals surface area contributed by atoms with Crippen molar-refractivity contribution in [3.63, 3.8) is 0 Å². The van der Waals surface area contributed by atoms with Crippen molar-refractivity contribution in [3.8, 4) is 0 Å². The summed E-state index contributed by atoms with van der Waals surface area (Å²) in [7, 11) is 2.24. The number of hydrogen-bond acceptors (Lipinski definition) is 5. The topological polar surface area (TPSA) is 42.5 Å². The maximum atomic E-state index is 5.26. The van der Waals surface area contributed by atoms with Gasteiger partial charge in [0.1, 0.15) is 6.10 Å². The van der Waals surface area contributed by atoms with Crippen molar-refractivity contribution in [2.45, 2.75) is 13.0 Å². The zero-order valence-corrected chi connectivity index (χ0v) is 8.67. The van der Waals surface area contributed by atoms with Crippen LogP contribution in [0.1, 0.15) is 6.92 Å². The summed E-state index contributed by atoms with van der Waals surface area (Å²) in [5, 5.41) is 0. The molecule has 0 spiro atoms. The molecule has 0 aliphatic carbocycles. The Labute approximate surface area is 73.2 Å². The van der Waals surface area contributed by atoms with Gasteiger partial charge in [-0.05, 0) is 14.0 Å². The number of hydrazine groups is 1. The lowest BCUT2D eigenvalue weighted by Gasteiger charge is -2.04. The molecule has 0 saturated heterocycles. The van der Waals surface area contributed by atoms with Gasteiger partial charge in [-0.2, -0.15) is 0 Å². The Kier molecular flexibility index (Phi) is 7.26. The second-order valence-electron chi connectivity index (χ2n) is 1.95. The first kappa shape index (κ1) is 11.4. The third kappa shape index (κ3) is 6.75. The van der Waals surface area contributed by atoms with Gasteiger partial charge in [-0.3, -0.25) is 10.9 Å². The van der Waals surface area contributed by atoms with E-state index in [0.29, 0.717) is 0 Å². The van der Waals surface area contributed by atoms with Crippen LogP contribution in [-0.4, -0.2) is 26.8 Å². The Balaban J connectivity index is 3.35. The van der Waals surface area contributed by atoms with E-state index in [0.717, 1.165) is 6.54 Å². The highest BCUT2D eigenvalue weighted by Gasteiger charge is 2.16. The van der Waals surface area contributed by atoms with Gasteiger partial charge in [-0.25, -0.2) is 0 Å². The lowest BCUT2D eigenvalue weighted by atomic mass is 10.4. The summed E-state index contributed by atoms with van der Waals surface area (Å²) in [5.74, 6) is 0. The second-order valence-corrected chi connectivity index (χ2v) is 3.87. The first-order chi connectivity index (χ1) is 5.20. The molecule has 2 unspecified atom stereocenters. The summed E-state index contributed by atoms with van der Waals surface area (Å²) in [5.41, 5.74) is 5.70. The fourth-order valence-corrected chi connectivity index (χ4v) is 1.37. The van der Waals surface area contributed by atoms with Crippen LogP contribution in [0.15, 0.2) is 0 Å². The fraction of sp³-hybridized carbons (Fsp3) is 1.00. The molecule has 0 aliphatic rings. The molecule has 0 radical (unpaired) electrons. The van der Waals surface area contributed by atoms with Gasteiger partial charge >= 0.3 is 7.15 Å². The largest absolute Gasteiger partial charge is 0.521 e. The van der Waals surface area contributed by atoms with Crippen LogP contribution in [0.4, 0.5) is 0 Å². The van der Waals surface area contributed by atoms with Gasteiger partial charge in [0, 0.05) is 6.54 Å². The third-order valence-electron chi connectivity index (χ3n) is 0.981. The maximum Gasteiger partial charge on any atom is 0.521 e. The Bertz CT molecular complexity index is 125. The zero-order chi connectivity index (χ0) is 8.69. The van der Waals surface area contributed by atoms with Gasteiger partial charge in [-0.15, -0.1) is 9.05 Å². The molecule has 4 nitrogen and oxygen atoms in total. The predicted octanol–water partition coefficient (Wildman–Crippen LogP) is 0.536. The van der Waals surface area contributed by atoms with Crippen LogP contribution in [-0.2, 0) is 20.9 Å². The molecule has 0 aromatic carbocycles. The monoisotopic (exact) mass is 197 g/mol. The van der Waals surface area contributed by atoms with Crippen molar-refractivity contribution < 1.29 is 9.05 Å². The summed E-state index contributed by atoms with van der Waals surface area (Å²) in [4.78, 5) is 0. The van der Waals surface area contributed by atoms with Gasteiger partial charge in [0.15, 0.2) is 0 Å². The Morgan fingerprint density at radius 2 is 2.27 bits per heavy atom. The zero-order valence-electron chi connectivity index (χ0n) is 6.96. The van der Waals surface area contributed by atoms with Crippen LogP contribution in [0.5, 0.6) is 0 Å². The average Bonchev–Trinajstić information content (AvgIpc) is 2.00. The summed E-state index contributed by atoms with van der Waals surface area (Å²) in [6, 6.07) is 0. The van der Waals surface area contributed by atoms with Gasteiger partial charge < -0.3 is 0 Å². The molecule has 0 fully saturated rings. The van der Waals surface area contributed by atoms with E-state index in [9.17, 15) is 0 Å². The lowest BCUT2D eigenvalue weighted by Crippen LogP contribution is -2.34. The van der Waals surface area contributed by atoms with E-state index in [1.54, 1.807) is 14.2 Å². The van der Waals surface area contributed by atoms with E-state index in [2.05, 4.69) is 10.9 Å². The van der Waals surface area contributed by atoms with Crippen molar-refractivity contribution in [3.05, 3.63) is 0 Å². The predicted molar refractivity (Wildman–Crippen MR) is 48.9 cm³/mol. The Hall–Kier alpha value is 0.360. The standard InChI is InChI=1S/C5H14N2O2PS/c1-5(4-7-6-2)9-10(11)8-3/h5-7H,4H2,1-3H3/q+1. The van der Waals surface area contributed by atoms with E-state index >= 15 is 0 Å². The molecule has 0 rings (SSSR count). The summed E-state index contributed by atoms with van der Waals surface area (Å²) < 4.78 is 10.1. The molecule has 0 aliphatic heterocycles. The van der Waals surface area contributed by atoms with E-state index < -0.39 is 7.15 Å². The highest BCUT2D eigenvalue weighted by Crippen LogP contribution is 2.24. The van der Waals surface area contributed by atoms with Crippen LogP contribution in [0.3, 0.4) is 0 Å². The first-order valence-electron chi connectivity index (χ1n) is 3.28. The Morgan fingerprint density at radius 1 is 1.64 bits per heavy atom. The number of nitrogens with one attached hydrogen (secondary N) is 2. The van der Waals surface area contributed by atoms with Crippen molar-refractivity contribution in [1.82, 2.24) is 10.9 Å². The molecule has 0 aromatic rings. The van der Waals surface area contributed by atoms with E-state index in [1.807, 2.05) is 6.92 Å². The number of rotatable bonds is 6. The molecule has 0 aromatic heterocycles. The molecule has 0 heterocycles. The number of hydrogen-bond donors (Lipinski definition) is 2. The van der Waals surface area contributed by atoms with Gasteiger partial charge in [0.25, 0.3) is 0 Å². The van der Waals surface area contributed by atoms with Crippen molar-refractivity contribution >= 4 is 19.0 Å². The molecule has 0 amide bonds. The summed E-state index contributed by atoms with van der Waals surface area (Å²) in [6.45, 7) is 2.65. The average molecular weight is 197 g/mol. The van der Waals surface area contributed by atoms with Crippen LogP contribution in [0.2, 0.25) is 0 Å². The minimum atomic E-state index is -1.12. The molecular weight excluding hydrogens is 183 g/mol. The highest BCUT2D eigenvalue weighted by atomic mass is 32.4. The van der Waals surface area contributed by atoms with Gasteiger partial charge in [0.2, 0.25) is 11.8 Å². The summed E-state index contributed by atoms with van der Waals surface area (Å²) >= 11 is 4.84. The second kappa shape index (κ2) is 7.03. The molecule has 2 N–H and O–H groups in total. The molecule has 2 atom stereocenters. The van der Waals surface area contributed by atoms with E-state index in [1.165, 1.54) is 0 Å². The third-order valence-corrected chi connectivity index (χ3v) is 2.52. The van der Waals surface area contributed by atoms with E-state index in [4.69, 9.17) is 20.9 Å². The van der Waals surface area contributed by atoms with Crippen LogP contribution in [0, 0.1) is 0 Å². The summed E-state index contributed by atoms with van der Waals surface area (Å²) in [6.07, 6.45) is 0.0750. The molecular formula is C5H14N2O2PS+. The SMILES string of the molecule is CNNCC(C)O[P+](=S)OC. The smallest absolute Gasteiger partial charge is 0.261 e. The minimum Gasteiger partial charge on any atom is -0.261 e. The lowest BCUT2D eigenvalue weighted by molar-refractivity contribution is 0.211. The van der Waals surface area contributed by atoms with E-state index in [-0.39, 0.29) is 6.10 Å². The fourth-order valence-electron chi connectivity index (χ4n) is 0.473. The maximum absolute atomic E-state index is 5.26. The minimum absolute atomic E-state index is 0.0750. The van der Waals surface area contributed by atoms with Gasteiger partial charge in [0.05, 0.1) is 7.11 Å². The molecule has 66 valence electrons. The molecule has 6 heteroatoms. The first-order valence-corrected chi connectivity index (χ1v) is 5.47. The normalized spacial score (nSPS) is 14.6. The Morgan fingerprint density at radius 3 is 2.73 bits per heavy atom. The molecule has 0 bridgehead atoms. The highest BCUT2D eigenvalue weighted by molar-refractivity contribution is 8.00. The van der Waals surface area contributed by atoms with Gasteiger partial charge in [-0.1, -0.05) is 0 Å². The van der Waals surface area contributed by atoms with Crippen LogP contribution >= 0.6 is 7.15 Å². The van der Waals surface area contributed by atoms with Crippen molar-refractivity contribution in [2.75, 3.05) is 20.7 Å². The quantitative estimate of drug-likeness (QED) is 0.480. The molecule has 0 saturated carbocycles.